The topological polar surface area (TPSA) is 20.2 Å². The zero-order valence-corrected chi connectivity index (χ0v) is 9.79. The van der Waals surface area contributed by atoms with Gasteiger partial charge in [0, 0.05) is 0 Å². The summed E-state index contributed by atoms with van der Waals surface area (Å²) < 4.78 is 0. The number of unbranched alkanes of at least 4 members (excludes halogenated alkanes) is 4. The third-order valence-corrected chi connectivity index (χ3v) is 1.98. The Morgan fingerprint density at radius 2 is 1.79 bits per heavy atom. The lowest BCUT2D eigenvalue weighted by atomic mass is 10.1. The molecule has 0 aliphatic heterocycles. The van der Waals surface area contributed by atoms with Crippen LogP contribution in [0.15, 0.2) is 24.3 Å². The molecule has 0 rings (SSSR count). The van der Waals surface area contributed by atoms with Crippen molar-refractivity contribution in [2.24, 2.45) is 0 Å². The molecule has 0 radical (unpaired) electrons. The highest BCUT2D eigenvalue weighted by Crippen LogP contribution is 2.04. The van der Waals surface area contributed by atoms with Crippen molar-refractivity contribution in [3.63, 3.8) is 0 Å². The number of rotatable bonds is 7. The first-order valence-electron chi connectivity index (χ1n) is 5.63. The van der Waals surface area contributed by atoms with Gasteiger partial charge in [0.1, 0.15) is 0 Å². The van der Waals surface area contributed by atoms with Crippen LogP contribution in [-0.4, -0.2) is 10.7 Å². The van der Waals surface area contributed by atoms with Crippen LogP contribution in [0.1, 0.15) is 52.9 Å². The van der Waals surface area contributed by atoms with Crippen molar-refractivity contribution in [1.82, 2.24) is 0 Å². The number of hydrogen-bond acceptors (Lipinski definition) is 1. The van der Waals surface area contributed by atoms with E-state index >= 15 is 0 Å². The Bertz CT molecular complexity index is 172. The van der Waals surface area contributed by atoms with Gasteiger partial charge in [0.2, 0.25) is 0 Å². The molecule has 0 fully saturated rings. The van der Waals surface area contributed by atoms with Gasteiger partial charge in [-0.15, -0.1) is 0 Å². The molecule has 0 saturated heterocycles. The van der Waals surface area contributed by atoms with E-state index in [1.54, 1.807) is 19.9 Å². The molecule has 0 heterocycles. The Kier molecular flexibility index (Phi) is 7.50. The molecule has 1 N–H and O–H groups in total. The predicted octanol–water partition coefficient (Wildman–Crippen LogP) is 3.84. The van der Waals surface area contributed by atoms with Gasteiger partial charge in [0.25, 0.3) is 0 Å². The molecule has 14 heavy (non-hydrogen) atoms. The molecule has 0 amide bonds. The summed E-state index contributed by atoms with van der Waals surface area (Å²) in [5, 5.41) is 9.37. The minimum atomic E-state index is -0.688. The van der Waals surface area contributed by atoms with E-state index in [9.17, 15) is 5.11 Å². The fourth-order valence-electron chi connectivity index (χ4n) is 1.15. The van der Waals surface area contributed by atoms with Gasteiger partial charge < -0.3 is 5.11 Å². The summed E-state index contributed by atoms with van der Waals surface area (Å²) in [5.41, 5.74) is -0.688. The molecule has 0 aliphatic rings. The first-order valence-corrected chi connectivity index (χ1v) is 5.63. The van der Waals surface area contributed by atoms with Crippen LogP contribution in [0.5, 0.6) is 0 Å². The Morgan fingerprint density at radius 3 is 2.36 bits per heavy atom. The number of aliphatic hydroxyl groups is 1. The van der Waals surface area contributed by atoms with Gasteiger partial charge >= 0.3 is 0 Å². The van der Waals surface area contributed by atoms with Gasteiger partial charge in [-0.05, 0) is 26.7 Å². The van der Waals surface area contributed by atoms with Crippen molar-refractivity contribution < 1.29 is 5.11 Å². The minimum absolute atomic E-state index is 0.688. The SMILES string of the molecule is CCCCCC/C=C/C=C/C(C)(C)O. The molecule has 1 heteroatoms. The zero-order valence-electron chi connectivity index (χ0n) is 9.79. The Balaban J connectivity index is 3.41. The van der Waals surface area contributed by atoms with E-state index in [1.165, 1.54) is 25.7 Å². The van der Waals surface area contributed by atoms with Gasteiger partial charge in [0.15, 0.2) is 0 Å². The average Bonchev–Trinajstić information content (AvgIpc) is 2.08. The zero-order chi connectivity index (χ0) is 10.9. The van der Waals surface area contributed by atoms with Gasteiger partial charge in [-0.3, -0.25) is 0 Å². The van der Waals surface area contributed by atoms with Crippen molar-refractivity contribution in [2.75, 3.05) is 0 Å². The fourth-order valence-corrected chi connectivity index (χ4v) is 1.15. The van der Waals surface area contributed by atoms with Crippen molar-refractivity contribution >= 4 is 0 Å². The van der Waals surface area contributed by atoms with E-state index in [1.807, 2.05) is 12.2 Å². The van der Waals surface area contributed by atoms with Crippen molar-refractivity contribution in [1.29, 1.82) is 0 Å². The number of hydrogen-bond donors (Lipinski definition) is 1. The second-order valence-corrected chi connectivity index (χ2v) is 4.29. The second kappa shape index (κ2) is 7.81. The minimum Gasteiger partial charge on any atom is -0.386 e. The standard InChI is InChI=1S/C13H24O/c1-4-5-6-7-8-9-10-11-12-13(2,3)14/h9-12,14H,4-8H2,1-3H3/b10-9+,12-11+. The molecule has 0 aromatic carbocycles. The van der Waals surface area contributed by atoms with Crippen molar-refractivity contribution in [3.8, 4) is 0 Å². The first kappa shape index (κ1) is 13.4. The van der Waals surface area contributed by atoms with E-state index in [4.69, 9.17) is 0 Å². The average molecular weight is 196 g/mol. The lowest BCUT2D eigenvalue weighted by Gasteiger charge is -2.08. The van der Waals surface area contributed by atoms with Crippen LogP contribution in [0.3, 0.4) is 0 Å². The molecular formula is C13H24O. The maximum absolute atomic E-state index is 9.37. The normalized spacial score (nSPS) is 13.1. The largest absolute Gasteiger partial charge is 0.386 e. The third kappa shape index (κ3) is 11.4. The molecule has 0 aliphatic carbocycles. The van der Waals surface area contributed by atoms with Crippen LogP contribution in [-0.2, 0) is 0 Å². The smallest absolute Gasteiger partial charge is 0.0774 e. The van der Waals surface area contributed by atoms with E-state index < -0.39 is 5.60 Å². The molecule has 0 saturated carbocycles. The fraction of sp³-hybridized carbons (Fsp3) is 0.692. The summed E-state index contributed by atoms with van der Waals surface area (Å²) in [6.45, 7) is 5.78. The van der Waals surface area contributed by atoms with Gasteiger partial charge in [-0.25, -0.2) is 0 Å². The van der Waals surface area contributed by atoms with Crippen LogP contribution in [0.4, 0.5) is 0 Å². The van der Waals surface area contributed by atoms with Crippen molar-refractivity contribution in [2.45, 2.75) is 58.5 Å². The van der Waals surface area contributed by atoms with E-state index in [2.05, 4.69) is 13.0 Å². The molecule has 1 nitrogen and oxygen atoms in total. The van der Waals surface area contributed by atoms with E-state index in [0.717, 1.165) is 6.42 Å². The van der Waals surface area contributed by atoms with Gasteiger partial charge in [-0.2, -0.15) is 0 Å². The van der Waals surface area contributed by atoms with Crippen LogP contribution >= 0.6 is 0 Å². The summed E-state index contributed by atoms with van der Waals surface area (Å²) in [5.74, 6) is 0. The molecule has 82 valence electrons. The summed E-state index contributed by atoms with van der Waals surface area (Å²) >= 11 is 0. The van der Waals surface area contributed by atoms with Crippen molar-refractivity contribution in [3.05, 3.63) is 24.3 Å². The molecule has 0 aromatic heterocycles. The van der Waals surface area contributed by atoms with E-state index in [0.29, 0.717) is 0 Å². The highest BCUT2D eigenvalue weighted by molar-refractivity contribution is 5.07. The molecule has 0 spiro atoms. The molecule has 0 bridgehead atoms. The summed E-state index contributed by atoms with van der Waals surface area (Å²) in [7, 11) is 0. The summed E-state index contributed by atoms with van der Waals surface area (Å²) in [4.78, 5) is 0. The Labute approximate surface area is 88.5 Å². The maximum atomic E-state index is 9.37. The maximum Gasteiger partial charge on any atom is 0.0774 e. The third-order valence-electron chi connectivity index (χ3n) is 1.98. The predicted molar refractivity (Wildman–Crippen MR) is 63.3 cm³/mol. The van der Waals surface area contributed by atoms with Crippen LogP contribution in [0.2, 0.25) is 0 Å². The summed E-state index contributed by atoms with van der Waals surface area (Å²) in [6.07, 6.45) is 14.3. The second-order valence-electron chi connectivity index (χ2n) is 4.29. The highest BCUT2D eigenvalue weighted by atomic mass is 16.3. The first-order chi connectivity index (χ1) is 6.56. The van der Waals surface area contributed by atoms with Gasteiger partial charge in [0.05, 0.1) is 5.60 Å². The molecule has 0 unspecified atom stereocenters. The highest BCUT2D eigenvalue weighted by Gasteiger charge is 2.03. The molecule has 0 aromatic rings. The molecular weight excluding hydrogens is 172 g/mol. The van der Waals surface area contributed by atoms with Gasteiger partial charge in [-0.1, -0.05) is 50.5 Å². The summed E-state index contributed by atoms with van der Waals surface area (Å²) in [6, 6.07) is 0. The quantitative estimate of drug-likeness (QED) is 0.484. The van der Waals surface area contributed by atoms with Crippen LogP contribution < -0.4 is 0 Å². The Morgan fingerprint density at radius 1 is 1.07 bits per heavy atom. The monoisotopic (exact) mass is 196 g/mol. The Hall–Kier alpha value is -0.560. The molecule has 0 atom stereocenters. The lowest BCUT2D eigenvalue weighted by molar-refractivity contribution is 0.133. The number of allylic oxidation sites excluding steroid dienone is 3. The van der Waals surface area contributed by atoms with Crippen LogP contribution in [0.25, 0.3) is 0 Å². The van der Waals surface area contributed by atoms with Crippen LogP contribution in [0, 0.1) is 0 Å². The van der Waals surface area contributed by atoms with E-state index in [-0.39, 0.29) is 0 Å². The lowest BCUT2D eigenvalue weighted by Crippen LogP contribution is -2.13.